The number of rotatable bonds is 6. The summed E-state index contributed by atoms with van der Waals surface area (Å²) >= 11 is 1.48. The first-order valence-electron chi connectivity index (χ1n) is 9.81. The highest BCUT2D eigenvalue weighted by atomic mass is 35.5. The molecular weight excluding hydrogens is 428 g/mol. The second kappa shape index (κ2) is 9.68. The summed E-state index contributed by atoms with van der Waals surface area (Å²) in [5.74, 6) is 0.785. The summed E-state index contributed by atoms with van der Waals surface area (Å²) in [6, 6.07) is 5.46. The lowest BCUT2D eigenvalue weighted by Crippen LogP contribution is -2.30. The van der Waals surface area contributed by atoms with E-state index >= 15 is 0 Å². The van der Waals surface area contributed by atoms with Crippen molar-refractivity contribution in [1.82, 2.24) is 4.90 Å². The summed E-state index contributed by atoms with van der Waals surface area (Å²) in [5.41, 5.74) is 2.35. The van der Waals surface area contributed by atoms with Gasteiger partial charge < -0.3 is 19.5 Å². The lowest BCUT2D eigenvalue weighted by Gasteiger charge is -2.25. The van der Waals surface area contributed by atoms with Gasteiger partial charge in [-0.05, 0) is 43.1 Å². The summed E-state index contributed by atoms with van der Waals surface area (Å²) < 4.78 is 16.0. The lowest BCUT2D eigenvalue weighted by molar-refractivity contribution is -0.115. The van der Waals surface area contributed by atoms with Crippen LogP contribution in [0.5, 0.6) is 11.5 Å². The summed E-state index contributed by atoms with van der Waals surface area (Å²) in [5, 5.41) is 3.52. The quantitative estimate of drug-likeness (QED) is 0.674. The van der Waals surface area contributed by atoms with E-state index in [2.05, 4.69) is 17.1 Å². The van der Waals surface area contributed by atoms with E-state index in [0.717, 1.165) is 42.1 Å². The van der Waals surface area contributed by atoms with Gasteiger partial charge in [0.2, 0.25) is 12.7 Å². The van der Waals surface area contributed by atoms with Crippen LogP contribution in [0.15, 0.2) is 18.2 Å². The number of thiophene rings is 1. The van der Waals surface area contributed by atoms with E-state index < -0.39 is 0 Å². The molecule has 2 aliphatic rings. The smallest absolute Gasteiger partial charge is 0.341 e. The minimum atomic E-state index is -0.367. The van der Waals surface area contributed by atoms with Gasteiger partial charge in [-0.25, -0.2) is 4.79 Å². The molecular formula is C21H25ClN2O5S. The Kier molecular flexibility index (Phi) is 7.23. The topological polar surface area (TPSA) is 77.1 Å². The van der Waals surface area contributed by atoms with Gasteiger partial charge in [0.1, 0.15) is 5.00 Å². The molecule has 9 heteroatoms. The predicted octanol–water partition coefficient (Wildman–Crippen LogP) is 3.63. The van der Waals surface area contributed by atoms with Gasteiger partial charge in [0.05, 0.1) is 18.6 Å². The standard InChI is InChI=1S/C21H24N2O5S.ClH/c1-3-23-8-7-14-17(11-23)29-20(19(14)21(25)26-4-2)22-18(24)10-13-5-6-15-16(9-13)28-12-27-15;/h5-6,9H,3-4,7-8,10-12H2,1-2H3,(H,22,24);1H. The second-order valence-corrected chi connectivity index (χ2v) is 8.06. The minimum Gasteiger partial charge on any atom is -0.462 e. The molecule has 0 spiro atoms. The molecule has 7 nitrogen and oxygen atoms in total. The van der Waals surface area contributed by atoms with Crippen LogP contribution in [-0.2, 0) is 28.9 Å². The van der Waals surface area contributed by atoms with Crippen LogP contribution in [0, 0.1) is 0 Å². The molecule has 0 radical (unpaired) electrons. The molecule has 0 bridgehead atoms. The molecule has 30 heavy (non-hydrogen) atoms. The highest BCUT2D eigenvalue weighted by Crippen LogP contribution is 2.38. The Morgan fingerprint density at radius 2 is 2.03 bits per heavy atom. The van der Waals surface area contributed by atoms with Crippen molar-refractivity contribution in [3.63, 3.8) is 0 Å². The number of likely N-dealkylation sites (N-methyl/N-ethyl adjacent to an activating group) is 1. The minimum absolute atomic E-state index is 0. The van der Waals surface area contributed by atoms with E-state index in [4.69, 9.17) is 14.2 Å². The number of benzene rings is 1. The number of hydrogen-bond acceptors (Lipinski definition) is 7. The van der Waals surface area contributed by atoms with E-state index in [-0.39, 0.29) is 37.5 Å². The molecule has 2 aliphatic heterocycles. The summed E-state index contributed by atoms with van der Waals surface area (Å²) in [6.45, 7) is 7.06. The highest BCUT2D eigenvalue weighted by Gasteiger charge is 2.29. The monoisotopic (exact) mass is 452 g/mol. The van der Waals surface area contributed by atoms with Crippen molar-refractivity contribution in [2.75, 3.05) is 31.8 Å². The largest absolute Gasteiger partial charge is 0.462 e. The van der Waals surface area contributed by atoms with Crippen LogP contribution in [0.2, 0.25) is 0 Å². The Morgan fingerprint density at radius 3 is 2.80 bits per heavy atom. The van der Waals surface area contributed by atoms with Gasteiger partial charge in [0.15, 0.2) is 11.5 Å². The maximum Gasteiger partial charge on any atom is 0.341 e. The molecule has 1 amide bonds. The SMILES string of the molecule is CCOC(=O)c1c(NC(=O)Cc2ccc3c(c2)OCO3)sc2c1CCN(CC)C2.Cl. The number of amides is 1. The van der Waals surface area contributed by atoms with Crippen LogP contribution in [0.1, 0.15) is 40.2 Å². The molecule has 162 valence electrons. The molecule has 0 aliphatic carbocycles. The number of halogens is 1. The van der Waals surface area contributed by atoms with Crippen molar-refractivity contribution in [2.45, 2.75) is 33.2 Å². The van der Waals surface area contributed by atoms with Crippen molar-refractivity contribution in [3.8, 4) is 11.5 Å². The summed E-state index contributed by atoms with van der Waals surface area (Å²) in [4.78, 5) is 28.8. The van der Waals surface area contributed by atoms with E-state index in [1.165, 1.54) is 11.3 Å². The first-order chi connectivity index (χ1) is 14.1. The molecule has 0 fully saturated rings. The van der Waals surface area contributed by atoms with Gasteiger partial charge in [-0.3, -0.25) is 9.69 Å². The zero-order valence-electron chi connectivity index (χ0n) is 17.0. The summed E-state index contributed by atoms with van der Waals surface area (Å²) in [7, 11) is 0. The first kappa shape index (κ1) is 22.4. The van der Waals surface area contributed by atoms with Gasteiger partial charge in [-0.1, -0.05) is 13.0 Å². The Labute approximate surface area is 185 Å². The molecule has 1 N–H and O–H groups in total. The van der Waals surface area contributed by atoms with Crippen molar-refractivity contribution < 1.29 is 23.8 Å². The van der Waals surface area contributed by atoms with E-state index in [1.807, 2.05) is 12.1 Å². The number of nitrogens with one attached hydrogen (secondary N) is 1. The van der Waals surface area contributed by atoms with Gasteiger partial charge in [0, 0.05) is 18.0 Å². The number of carbonyl (C=O) groups is 2. The van der Waals surface area contributed by atoms with E-state index in [9.17, 15) is 9.59 Å². The molecule has 4 rings (SSSR count). The van der Waals surface area contributed by atoms with Crippen LogP contribution in [0.3, 0.4) is 0 Å². The molecule has 3 heterocycles. The highest BCUT2D eigenvalue weighted by molar-refractivity contribution is 7.17. The average Bonchev–Trinajstić information content (AvgIpc) is 3.30. The molecule has 0 saturated carbocycles. The van der Waals surface area contributed by atoms with Crippen LogP contribution in [0.4, 0.5) is 5.00 Å². The molecule has 0 saturated heterocycles. The maximum atomic E-state index is 12.7. The van der Waals surface area contributed by atoms with Crippen molar-refractivity contribution >= 4 is 40.6 Å². The Bertz CT molecular complexity index is 946. The molecule has 0 unspecified atom stereocenters. The van der Waals surface area contributed by atoms with Crippen LogP contribution in [0.25, 0.3) is 0 Å². The fraction of sp³-hybridized carbons (Fsp3) is 0.429. The number of ether oxygens (including phenoxy) is 3. The van der Waals surface area contributed by atoms with Crippen LogP contribution < -0.4 is 14.8 Å². The maximum absolute atomic E-state index is 12.7. The van der Waals surface area contributed by atoms with Crippen molar-refractivity contribution in [3.05, 3.63) is 39.8 Å². The zero-order chi connectivity index (χ0) is 20.4. The molecule has 1 aromatic heterocycles. The molecule has 2 aromatic rings. The van der Waals surface area contributed by atoms with Crippen molar-refractivity contribution in [1.29, 1.82) is 0 Å². The normalized spacial score (nSPS) is 14.6. The Morgan fingerprint density at radius 1 is 1.23 bits per heavy atom. The predicted molar refractivity (Wildman–Crippen MR) is 117 cm³/mol. The molecule has 1 aromatic carbocycles. The number of carbonyl (C=O) groups excluding carboxylic acids is 2. The van der Waals surface area contributed by atoms with Crippen LogP contribution in [-0.4, -0.2) is 43.3 Å². The third-order valence-electron chi connectivity index (χ3n) is 5.12. The fourth-order valence-electron chi connectivity index (χ4n) is 3.64. The van der Waals surface area contributed by atoms with Gasteiger partial charge >= 0.3 is 5.97 Å². The Hall–Kier alpha value is -2.29. The first-order valence-corrected chi connectivity index (χ1v) is 10.6. The van der Waals surface area contributed by atoms with Gasteiger partial charge in [-0.2, -0.15) is 0 Å². The number of esters is 1. The number of nitrogens with zero attached hydrogens (tertiary/aromatic N) is 1. The Balaban J connectivity index is 0.00000256. The van der Waals surface area contributed by atoms with Crippen LogP contribution >= 0.6 is 23.7 Å². The third kappa shape index (κ3) is 4.55. The van der Waals surface area contributed by atoms with Gasteiger partial charge in [-0.15, -0.1) is 23.7 Å². The third-order valence-corrected chi connectivity index (χ3v) is 6.25. The number of hydrogen-bond donors (Lipinski definition) is 1. The van der Waals surface area contributed by atoms with Crippen molar-refractivity contribution in [2.24, 2.45) is 0 Å². The number of fused-ring (bicyclic) bond motifs is 2. The molecule has 0 atom stereocenters. The summed E-state index contributed by atoms with van der Waals surface area (Å²) in [6.07, 6.45) is 0.967. The lowest BCUT2D eigenvalue weighted by atomic mass is 10.0. The van der Waals surface area contributed by atoms with E-state index in [0.29, 0.717) is 28.7 Å². The van der Waals surface area contributed by atoms with E-state index in [1.54, 1.807) is 13.0 Å². The fourth-order valence-corrected chi connectivity index (χ4v) is 4.94. The average molecular weight is 453 g/mol. The second-order valence-electron chi connectivity index (χ2n) is 6.96. The number of anilines is 1. The zero-order valence-corrected chi connectivity index (χ0v) is 18.6. The van der Waals surface area contributed by atoms with Gasteiger partial charge in [0.25, 0.3) is 0 Å².